The molecule has 10 nitrogen and oxygen atoms in total. The van der Waals surface area contributed by atoms with E-state index in [4.69, 9.17) is 10.00 Å². The van der Waals surface area contributed by atoms with Gasteiger partial charge in [-0.25, -0.2) is 4.79 Å². The van der Waals surface area contributed by atoms with E-state index in [0.717, 1.165) is 0 Å². The van der Waals surface area contributed by atoms with Crippen LogP contribution in [0.4, 0.5) is 21.9 Å². The number of nitro benzene ring substituents is 2. The molecule has 0 aliphatic heterocycles. The fraction of sp³-hybridized carbons (Fsp3) is 0.0476. The lowest BCUT2D eigenvalue weighted by Crippen LogP contribution is -2.33. The molecule has 0 bridgehead atoms. The molecule has 10 heteroatoms. The smallest absolute Gasteiger partial charge is 0.410 e. The maximum Gasteiger partial charge on any atom is 0.420 e. The number of nitrogens with zero attached hydrogens (tertiary/aromatic N) is 4. The predicted molar refractivity (Wildman–Crippen MR) is 110 cm³/mol. The van der Waals surface area contributed by atoms with Gasteiger partial charge >= 0.3 is 6.09 Å². The van der Waals surface area contributed by atoms with Crippen molar-refractivity contribution in [3.63, 3.8) is 0 Å². The highest BCUT2D eigenvalue weighted by Crippen LogP contribution is 2.24. The van der Waals surface area contributed by atoms with E-state index in [-0.39, 0.29) is 23.7 Å². The first-order chi connectivity index (χ1) is 14.9. The zero-order chi connectivity index (χ0) is 22.4. The van der Waals surface area contributed by atoms with E-state index in [1.54, 1.807) is 24.3 Å². The Bertz CT molecular complexity index is 1170. The van der Waals surface area contributed by atoms with E-state index in [2.05, 4.69) is 0 Å². The maximum absolute atomic E-state index is 12.9. The van der Waals surface area contributed by atoms with Crippen molar-refractivity contribution in [3.8, 4) is 11.8 Å². The summed E-state index contributed by atoms with van der Waals surface area (Å²) < 4.78 is 5.34. The summed E-state index contributed by atoms with van der Waals surface area (Å²) in [6.07, 6.45) is -0.801. The van der Waals surface area contributed by atoms with Gasteiger partial charge in [0, 0.05) is 30.0 Å². The molecule has 0 aliphatic rings. The SMILES string of the molecule is N#Cc1cccc(CN(C(=O)Oc2ccc([N+](=O)[O-])cc2)c2ccc([N+](=O)[O-])cc2)c1. The predicted octanol–water partition coefficient (Wildman–Crippen LogP) is 4.58. The minimum Gasteiger partial charge on any atom is -0.410 e. The number of nitriles is 1. The molecule has 0 radical (unpaired) electrons. The third-order valence-corrected chi connectivity index (χ3v) is 4.24. The summed E-state index contributed by atoms with van der Waals surface area (Å²) in [7, 11) is 0. The second-order valence-electron chi connectivity index (χ2n) is 6.29. The lowest BCUT2D eigenvalue weighted by molar-refractivity contribution is -0.385. The highest BCUT2D eigenvalue weighted by Gasteiger charge is 2.20. The molecule has 154 valence electrons. The second-order valence-corrected chi connectivity index (χ2v) is 6.29. The molecule has 0 aliphatic carbocycles. The molecule has 3 aromatic carbocycles. The van der Waals surface area contributed by atoms with E-state index in [1.165, 1.54) is 53.4 Å². The summed E-state index contributed by atoms with van der Waals surface area (Å²) >= 11 is 0. The maximum atomic E-state index is 12.9. The standard InChI is InChI=1S/C21H14N4O6/c22-13-15-2-1-3-16(12-15)14-23(17-4-6-18(7-5-17)24(27)28)21(26)31-20-10-8-19(9-11-20)25(29)30/h1-12H,14H2. The van der Waals surface area contributed by atoms with Gasteiger partial charge in [-0.1, -0.05) is 12.1 Å². The van der Waals surface area contributed by atoms with Crippen molar-refractivity contribution in [3.05, 3.63) is 104 Å². The molecule has 0 spiro atoms. The number of carbonyl (C=O) groups excluding carboxylic acids is 1. The van der Waals surface area contributed by atoms with Gasteiger partial charge < -0.3 is 4.74 Å². The van der Waals surface area contributed by atoms with Gasteiger partial charge in [0.15, 0.2) is 0 Å². The van der Waals surface area contributed by atoms with Crippen molar-refractivity contribution in [1.82, 2.24) is 0 Å². The Morgan fingerprint density at radius 2 is 1.52 bits per heavy atom. The van der Waals surface area contributed by atoms with Crippen molar-refractivity contribution in [2.45, 2.75) is 6.54 Å². The van der Waals surface area contributed by atoms with Crippen LogP contribution >= 0.6 is 0 Å². The Morgan fingerprint density at radius 1 is 0.935 bits per heavy atom. The Balaban J connectivity index is 1.89. The van der Waals surface area contributed by atoms with Crippen LogP contribution in [-0.2, 0) is 6.54 Å². The van der Waals surface area contributed by atoms with Crippen molar-refractivity contribution >= 4 is 23.2 Å². The van der Waals surface area contributed by atoms with Gasteiger partial charge in [0.25, 0.3) is 11.4 Å². The molecule has 31 heavy (non-hydrogen) atoms. The Kier molecular flexibility index (Phi) is 6.18. The Hall–Kier alpha value is -4.78. The minimum atomic E-state index is -0.801. The number of nitro groups is 2. The molecule has 0 N–H and O–H groups in total. The van der Waals surface area contributed by atoms with Crippen LogP contribution in [0.5, 0.6) is 5.75 Å². The van der Waals surface area contributed by atoms with E-state index >= 15 is 0 Å². The molecule has 0 heterocycles. The molecule has 0 unspecified atom stereocenters. The lowest BCUT2D eigenvalue weighted by atomic mass is 10.1. The monoisotopic (exact) mass is 418 g/mol. The normalized spacial score (nSPS) is 10.0. The van der Waals surface area contributed by atoms with Crippen LogP contribution in [0.25, 0.3) is 0 Å². The van der Waals surface area contributed by atoms with Gasteiger partial charge in [-0.2, -0.15) is 5.26 Å². The lowest BCUT2D eigenvalue weighted by Gasteiger charge is -2.22. The van der Waals surface area contributed by atoms with Gasteiger partial charge in [0.1, 0.15) is 5.75 Å². The number of hydrogen-bond acceptors (Lipinski definition) is 7. The molecule has 0 atom stereocenters. The van der Waals surface area contributed by atoms with Crippen LogP contribution in [0.3, 0.4) is 0 Å². The van der Waals surface area contributed by atoms with Crippen LogP contribution in [0, 0.1) is 31.6 Å². The molecular weight excluding hydrogens is 404 g/mol. The number of amides is 1. The fourth-order valence-corrected chi connectivity index (χ4v) is 2.73. The number of anilines is 1. The first-order valence-electron chi connectivity index (χ1n) is 8.84. The third-order valence-electron chi connectivity index (χ3n) is 4.24. The average molecular weight is 418 g/mol. The first-order valence-corrected chi connectivity index (χ1v) is 8.84. The summed E-state index contributed by atoms with van der Waals surface area (Å²) in [4.78, 5) is 34.7. The molecule has 3 rings (SSSR count). The Morgan fingerprint density at radius 3 is 2.06 bits per heavy atom. The summed E-state index contributed by atoms with van der Waals surface area (Å²) in [5.74, 6) is 0.0910. The van der Waals surface area contributed by atoms with Gasteiger partial charge in [-0.15, -0.1) is 0 Å². The highest BCUT2D eigenvalue weighted by molar-refractivity contribution is 5.89. The van der Waals surface area contributed by atoms with Crippen molar-refractivity contribution in [1.29, 1.82) is 5.26 Å². The van der Waals surface area contributed by atoms with Gasteiger partial charge in [-0.05, 0) is 42.0 Å². The molecule has 0 aromatic heterocycles. The van der Waals surface area contributed by atoms with Crippen LogP contribution in [0.2, 0.25) is 0 Å². The molecule has 0 saturated heterocycles. The van der Waals surface area contributed by atoms with Crippen LogP contribution in [0.15, 0.2) is 72.8 Å². The zero-order valence-electron chi connectivity index (χ0n) is 15.9. The number of ether oxygens (including phenoxy) is 1. The van der Waals surface area contributed by atoms with Crippen LogP contribution in [0.1, 0.15) is 11.1 Å². The quantitative estimate of drug-likeness (QED) is 0.421. The van der Waals surface area contributed by atoms with Crippen LogP contribution in [-0.4, -0.2) is 15.9 Å². The fourth-order valence-electron chi connectivity index (χ4n) is 2.73. The summed E-state index contributed by atoms with van der Waals surface area (Å²) in [6.45, 7) is 0.0269. The summed E-state index contributed by atoms with van der Waals surface area (Å²) in [5, 5.41) is 30.8. The van der Waals surface area contributed by atoms with E-state index in [0.29, 0.717) is 16.8 Å². The molecular formula is C21H14N4O6. The van der Waals surface area contributed by atoms with Crippen molar-refractivity contribution in [2.75, 3.05) is 4.90 Å². The second kappa shape index (κ2) is 9.15. The minimum absolute atomic E-state index is 0.0269. The van der Waals surface area contributed by atoms with Gasteiger partial charge in [0.2, 0.25) is 0 Å². The van der Waals surface area contributed by atoms with Crippen molar-refractivity contribution in [2.24, 2.45) is 0 Å². The number of rotatable bonds is 6. The van der Waals surface area contributed by atoms with Gasteiger partial charge in [0.05, 0.1) is 28.0 Å². The van der Waals surface area contributed by atoms with Crippen molar-refractivity contribution < 1.29 is 19.4 Å². The van der Waals surface area contributed by atoms with E-state index < -0.39 is 15.9 Å². The molecule has 0 saturated carbocycles. The molecule has 1 amide bonds. The number of hydrogen-bond donors (Lipinski definition) is 0. The van der Waals surface area contributed by atoms with Gasteiger partial charge in [-0.3, -0.25) is 25.1 Å². The summed E-state index contributed by atoms with van der Waals surface area (Å²) in [6, 6.07) is 19.0. The molecule has 0 fully saturated rings. The molecule has 3 aromatic rings. The first kappa shape index (κ1) is 20.9. The zero-order valence-corrected chi connectivity index (χ0v) is 15.9. The Labute approximate surface area is 175 Å². The van der Waals surface area contributed by atoms with E-state index in [1.807, 2.05) is 6.07 Å². The average Bonchev–Trinajstić information content (AvgIpc) is 2.78. The topological polar surface area (TPSA) is 140 Å². The number of benzene rings is 3. The number of non-ortho nitro benzene ring substituents is 2. The number of carbonyl (C=O) groups is 1. The van der Waals surface area contributed by atoms with Crippen LogP contribution < -0.4 is 9.64 Å². The third kappa shape index (κ3) is 5.18. The largest absolute Gasteiger partial charge is 0.420 e. The van der Waals surface area contributed by atoms with E-state index in [9.17, 15) is 25.0 Å². The highest BCUT2D eigenvalue weighted by atomic mass is 16.6. The summed E-state index contributed by atoms with van der Waals surface area (Å²) in [5.41, 5.74) is 1.09.